The predicted octanol–water partition coefficient (Wildman–Crippen LogP) is 1.35. The van der Waals surface area contributed by atoms with Crippen LogP contribution in [0.15, 0.2) is 47.4 Å². The third-order valence-corrected chi connectivity index (χ3v) is 7.28. The first-order valence-electron chi connectivity index (χ1n) is 10.8. The van der Waals surface area contributed by atoms with Gasteiger partial charge in [0.1, 0.15) is 17.8 Å². The van der Waals surface area contributed by atoms with Crippen molar-refractivity contribution in [3.8, 4) is 5.75 Å². The van der Waals surface area contributed by atoms with Gasteiger partial charge in [-0.1, -0.05) is 12.1 Å². The highest BCUT2D eigenvalue weighted by Crippen LogP contribution is 2.23. The van der Waals surface area contributed by atoms with Gasteiger partial charge in [0.05, 0.1) is 25.2 Å². The number of nitrogens with one attached hydrogen (secondary N) is 2. The Hall–Kier alpha value is -3.02. The first kappa shape index (κ1) is 25.6. The standard InChI is InChI=1S/C23H28FN3O6S/c1-16-14-19(8-9-20(16)24)34(30,31)27-12-3-13-33-21(27)15-26-23(29)22(28)25-11-10-17-4-6-18(32-2)7-5-17/h4-9,14,21H,3,10-13,15H2,1-2H3,(H,25,28)(H,26,29)/t21-/m1/s1. The molecule has 11 heteroatoms. The number of hydrogen-bond acceptors (Lipinski definition) is 6. The lowest BCUT2D eigenvalue weighted by Crippen LogP contribution is -2.53. The highest BCUT2D eigenvalue weighted by atomic mass is 32.2. The number of hydrogen-bond donors (Lipinski definition) is 2. The van der Waals surface area contributed by atoms with E-state index in [9.17, 15) is 22.4 Å². The highest BCUT2D eigenvalue weighted by Gasteiger charge is 2.35. The van der Waals surface area contributed by atoms with Crippen molar-refractivity contribution in [2.75, 3.05) is 33.4 Å². The summed E-state index contributed by atoms with van der Waals surface area (Å²) in [7, 11) is -2.41. The molecular formula is C23H28FN3O6S. The molecule has 9 nitrogen and oxygen atoms in total. The van der Waals surface area contributed by atoms with Crippen LogP contribution in [0.5, 0.6) is 5.75 Å². The van der Waals surface area contributed by atoms with Gasteiger partial charge in [0.15, 0.2) is 0 Å². The third-order valence-electron chi connectivity index (χ3n) is 5.39. The summed E-state index contributed by atoms with van der Waals surface area (Å²) in [6, 6.07) is 10.9. The Morgan fingerprint density at radius 3 is 2.53 bits per heavy atom. The largest absolute Gasteiger partial charge is 0.497 e. The molecule has 0 aromatic heterocycles. The lowest BCUT2D eigenvalue weighted by atomic mass is 10.1. The van der Waals surface area contributed by atoms with Gasteiger partial charge in [-0.3, -0.25) is 9.59 Å². The molecule has 0 saturated carbocycles. The summed E-state index contributed by atoms with van der Waals surface area (Å²) in [6.07, 6.45) is 0.00764. The van der Waals surface area contributed by atoms with Crippen LogP contribution in [0.2, 0.25) is 0 Å². The molecule has 1 aliphatic heterocycles. The molecule has 1 heterocycles. The molecule has 1 aliphatic rings. The number of carbonyl (C=O) groups is 2. The SMILES string of the molecule is COc1ccc(CCNC(=O)C(=O)NC[C@H]2OCCCN2S(=O)(=O)c2ccc(F)c(C)c2)cc1. The van der Waals surface area contributed by atoms with Crippen LogP contribution in [-0.2, 0) is 30.8 Å². The zero-order valence-electron chi connectivity index (χ0n) is 19.0. The van der Waals surface area contributed by atoms with Crippen molar-refractivity contribution in [3.05, 3.63) is 59.4 Å². The normalized spacial score (nSPS) is 16.6. The number of methoxy groups -OCH3 is 1. The zero-order chi connectivity index (χ0) is 24.7. The molecule has 1 fully saturated rings. The zero-order valence-corrected chi connectivity index (χ0v) is 19.9. The number of ether oxygens (including phenoxy) is 2. The van der Waals surface area contributed by atoms with E-state index in [2.05, 4.69) is 10.6 Å². The quantitative estimate of drug-likeness (QED) is 0.537. The van der Waals surface area contributed by atoms with Gasteiger partial charge in [0, 0.05) is 13.1 Å². The van der Waals surface area contributed by atoms with Crippen LogP contribution >= 0.6 is 0 Å². The maximum atomic E-state index is 13.6. The number of sulfonamides is 1. The molecule has 2 amide bonds. The molecule has 0 spiro atoms. The van der Waals surface area contributed by atoms with E-state index in [4.69, 9.17) is 9.47 Å². The van der Waals surface area contributed by atoms with E-state index in [1.807, 2.05) is 12.1 Å². The molecule has 0 radical (unpaired) electrons. The lowest BCUT2D eigenvalue weighted by molar-refractivity contribution is -0.140. The van der Waals surface area contributed by atoms with Gasteiger partial charge >= 0.3 is 11.8 Å². The van der Waals surface area contributed by atoms with E-state index in [-0.39, 0.29) is 30.1 Å². The summed E-state index contributed by atoms with van der Waals surface area (Å²) in [6.45, 7) is 2.01. The average Bonchev–Trinajstić information content (AvgIpc) is 2.84. The van der Waals surface area contributed by atoms with Crippen LogP contribution in [0.4, 0.5) is 4.39 Å². The first-order chi connectivity index (χ1) is 16.2. The summed E-state index contributed by atoms with van der Waals surface area (Å²) in [4.78, 5) is 24.3. The highest BCUT2D eigenvalue weighted by molar-refractivity contribution is 7.89. The minimum absolute atomic E-state index is 0.0653. The Morgan fingerprint density at radius 2 is 1.85 bits per heavy atom. The van der Waals surface area contributed by atoms with Crippen LogP contribution in [0.1, 0.15) is 17.5 Å². The molecule has 1 saturated heterocycles. The number of amides is 2. The van der Waals surface area contributed by atoms with Crippen LogP contribution in [0, 0.1) is 12.7 Å². The van der Waals surface area contributed by atoms with Gasteiger partial charge in [-0.25, -0.2) is 12.8 Å². The van der Waals surface area contributed by atoms with Crippen molar-refractivity contribution >= 4 is 21.8 Å². The van der Waals surface area contributed by atoms with Crippen molar-refractivity contribution in [1.82, 2.24) is 14.9 Å². The van der Waals surface area contributed by atoms with Gasteiger partial charge in [-0.2, -0.15) is 4.31 Å². The summed E-state index contributed by atoms with van der Waals surface area (Å²) >= 11 is 0. The third kappa shape index (κ3) is 6.31. The molecule has 0 bridgehead atoms. The van der Waals surface area contributed by atoms with E-state index in [1.54, 1.807) is 19.2 Å². The maximum absolute atomic E-state index is 13.6. The molecule has 2 aromatic carbocycles. The van der Waals surface area contributed by atoms with Crippen LogP contribution in [0.25, 0.3) is 0 Å². The molecule has 0 unspecified atom stereocenters. The average molecular weight is 494 g/mol. The van der Waals surface area contributed by atoms with E-state index in [1.165, 1.54) is 19.1 Å². The summed E-state index contributed by atoms with van der Waals surface area (Å²) < 4.78 is 51.5. The smallest absolute Gasteiger partial charge is 0.309 e. The van der Waals surface area contributed by atoms with Gasteiger partial charge in [-0.15, -0.1) is 0 Å². The predicted molar refractivity (Wildman–Crippen MR) is 122 cm³/mol. The van der Waals surface area contributed by atoms with Crippen molar-refractivity contribution in [2.45, 2.75) is 30.9 Å². The van der Waals surface area contributed by atoms with Crippen LogP contribution in [0.3, 0.4) is 0 Å². The van der Waals surface area contributed by atoms with Gasteiger partial charge in [-0.05, 0) is 61.2 Å². The minimum Gasteiger partial charge on any atom is -0.497 e. The summed E-state index contributed by atoms with van der Waals surface area (Å²) in [5.41, 5.74) is 1.17. The minimum atomic E-state index is -3.99. The fraction of sp³-hybridized carbons (Fsp3) is 0.391. The fourth-order valence-electron chi connectivity index (χ4n) is 3.47. The first-order valence-corrected chi connectivity index (χ1v) is 12.2. The number of benzene rings is 2. The second-order valence-electron chi connectivity index (χ2n) is 7.77. The second-order valence-corrected chi connectivity index (χ2v) is 9.66. The Labute approximate surface area is 198 Å². The molecule has 1 atom stereocenters. The number of nitrogens with zero attached hydrogens (tertiary/aromatic N) is 1. The Balaban J connectivity index is 1.54. The van der Waals surface area contributed by atoms with Crippen molar-refractivity contribution < 1.29 is 31.9 Å². The number of rotatable bonds is 8. The molecule has 2 N–H and O–H groups in total. The molecule has 3 rings (SSSR count). The van der Waals surface area contributed by atoms with Crippen molar-refractivity contribution in [1.29, 1.82) is 0 Å². The van der Waals surface area contributed by atoms with Gasteiger partial charge in [0.2, 0.25) is 10.0 Å². The van der Waals surface area contributed by atoms with Gasteiger partial charge in [0.25, 0.3) is 0 Å². The Kier molecular flexibility index (Phi) is 8.59. The summed E-state index contributed by atoms with van der Waals surface area (Å²) in [5.74, 6) is -1.50. The molecule has 34 heavy (non-hydrogen) atoms. The van der Waals surface area contributed by atoms with E-state index in [0.717, 1.165) is 21.7 Å². The van der Waals surface area contributed by atoms with E-state index in [0.29, 0.717) is 19.4 Å². The van der Waals surface area contributed by atoms with E-state index >= 15 is 0 Å². The van der Waals surface area contributed by atoms with Gasteiger partial charge < -0.3 is 20.1 Å². The molecular weight excluding hydrogens is 465 g/mol. The molecule has 2 aromatic rings. The van der Waals surface area contributed by atoms with Crippen molar-refractivity contribution in [3.63, 3.8) is 0 Å². The Morgan fingerprint density at radius 1 is 1.15 bits per heavy atom. The number of halogens is 1. The molecule has 184 valence electrons. The maximum Gasteiger partial charge on any atom is 0.309 e. The van der Waals surface area contributed by atoms with Crippen LogP contribution in [-0.4, -0.2) is 64.1 Å². The molecule has 0 aliphatic carbocycles. The lowest BCUT2D eigenvalue weighted by Gasteiger charge is -2.34. The Bertz CT molecular complexity index is 1120. The second kappa shape index (κ2) is 11.4. The van der Waals surface area contributed by atoms with Crippen molar-refractivity contribution in [2.24, 2.45) is 0 Å². The van der Waals surface area contributed by atoms with E-state index < -0.39 is 33.9 Å². The number of aryl methyl sites for hydroxylation is 1. The summed E-state index contributed by atoms with van der Waals surface area (Å²) in [5, 5.41) is 4.97. The fourth-order valence-corrected chi connectivity index (χ4v) is 5.12. The monoisotopic (exact) mass is 493 g/mol. The number of carbonyl (C=O) groups excluding carboxylic acids is 2. The van der Waals surface area contributed by atoms with Crippen LogP contribution < -0.4 is 15.4 Å². The topological polar surface area (TPSA) is 114 Å².